The van der Waals surface area contributed by atoms with Gasteiger partial charge in [-0.2, -0.15) is 5.10 Å². The summed E-state index contributed by atoms with van der Waals surface area (Å²) in [5.74, 6) is 0.709. The highest BCUT2D eigenvalue weighted by atomic mass is 79.9. The SMILES string of the molecule is CCNCC1CCN(C(=O)c2n[nH]c3ccc(Br)cc23)CC1. The number of nitrogens with one attached hydrogen (secondary N) is 2. The van der Waals surface area contributed by atoms with E-state index in [1.54, 1.807) is 0 Å². The van der Waals surface area contributed by atoms with Crippen LogP contribution in [0.25, 0.3) is 10.9 Å². The Bertz CT molecular complexity index is 661. The van der Waals surface area contributed by atoms with Crippen LogP contribution in [0.15, 0.2) is 22.7 Å². The molecule has 118 valence electrons. The van der Waals surface area contributed by atoms with Crippen molar-refractivity contribution in [2.24, 2.45) is 5.92 Å². The van der Waals surface area contributed by atoms with Gasteiger partial charge in [0, 0.05) is 22.9 Å². The highest BCUT2D eigenvalue weighted by Gasteiger charge is 2.26. The maximum absolute atomic E-state index is 12.7. The first kappa shape index (κ1) is 15.5. The fourth-order valence-electron chi connectivity index (χ4n) is 2.99. The van der Waals surface area contributed by atoms with Crippen LogP contribution < -0.4 is 5.32 Å². The molecule has 1 aromatic heterocycles. The Labute approximate surface area is 138 Å². The van der Waals surface area contributed by atoms with Gasteiger partial charge in [-0.05, 0) is 50.0 Å². The largest absolute Gasteiger partial charge is 0.337 e. The second-order valence-electron chi connectivity index (χ2n) is 5.81. The van der Waals surface area contributed by atoms with Crippen LogP contribution in [-0.2, 0) is 0 Å². The molecule has 1 saturated heterocycles. The molecule has 3 rings (SSSR count). The van der Waals surface area contributed by atoms with E-state index in [2.05, 4.69) is 38.4 Å². The topological polar surface area (TPSA) is 61.0 Å². The quantitative estimate of drug-likeness (QED) is 0.876. The lowest BCUT2D eigenvalue weighted by molar-refractivity contribution is 0.0686. The van der Waals surface area contributed by atoms with Gasteiger partial charge < -0.3 is 10.2 Å². The van der Waals surface area contributed by atoms with E-state index in [0.29, 0.717) is 11.6 Å². The second kappa shape index (κ2) is 6.79. The van der Waals surface area contributed by atoms with Crippen molar-refractivity contribution in [3.8, 4) is 0 Å². The van der Waals surface area contributed by atoms with Gasteiger partial charge in [0.05, 0.1) is 5.52 Å². The lowest BCUT2D eigenvalue weighted by Crippen LogP contribution is -2.41. The first-order valence-corrected chi connectivity index (χ1v) is 8.62. The summed E-state index contributed by atoms with van der Waals surface area (Å²) in [5.41, 5.74) is 1.43. The third kappa shape index (κ3) is 3.17. The molecule has 5 nitrogen and oxygen atoms in total. The molecule has 2 aromatic rings. The van der Waals surface area contributed by atoms with E-state index in [-0.39, 0.29) is 5.91 Å². The van der Waals surface area contributed by atoms with Crippen LogP contribution in [0, 0.1) is 5.92 Å². The summed E-state index contributed by atoms with van der Waals surface area (Å²) in [5, 5.41) is 11.5. The Kier molecular flexibility index (Phi) is 4.78. The maximum Gasteiger partial charge on any atom is 0.274 e. The van der Waals surface area contributed by atoms with Gasteiger partial charge in [0.1, 0.15) is 0 Å². The Hall–Kier alpha value is -1.40. The first-order valence-electron chi connectivity index (χ1n) is 7.82. The van der Waals surface area contributed by atoms with E-state index < -0.39 is 0 Å². The standard InChI is InChI=1S/C16H21BrN4O/c1-2-18-10-11-5-7-21(8-6-11)16(22)15-13-9-12(17)3-4-14(13)19-20-15/h3-4,9,11,18H,2,5-8,10H2,1H3,(H,19,20). The molecule has 0 unspecified atom stereocenters. The predicted octanol–water partition coefficient (Wildman–Crippen LogP) is 2.79. The summed E-state index contributed by atoms with van der Waals surface area (Å²) in [6.45, 7) is 5.82. The highest BCUT2D eigenvalue weighted by Crippen LogP contribution is 2.24. The van der Waals surface area contributed by atoms with Crippen LogP contribution in [0.1, 0.15) is 30.3 Å². The zero-order chi connectivity index (χ0) is 15.5. The summed E-state index contributed by atoms with van der Waals surface area (Å²) in [4.78, 5) is 14.6. The number of carbonyl (C=O) groups excluding carboxylic acids is 1. The minimum Gasteiger partial charge on any atom is -0.337 e. The Morgan fingerprint density at radius 1 is 1.45 bits per heavy atom. The lowest BCUT2D eigenvalue weighted by Gasteiger charge is -2.31. The van der Waals surface area contributed by atoms with Gasteiger partial charge in [-0.3, -0.25) is 9.89 Å². The molecule has 1 aromatic carbocycles. The maximum atomic E-state index is 12.7. The third-order valence-corrected chi connectivity index (χ3v) is 4.81. The molecule has 1 fully saturated rings. The number of amides is 1. The summed E-state index contributed by atoms with van der Waals surface area (Å²) in [6.07, 6.45) is 2.12. The number of aromatic amines is 1. The van der Waals surface area contributed by atoms with Crippen LogP contribution in [0.4, 0.5) is 0 Å². The number of rotatable bonds is 4. The number of halogens is 1. The molecule has 2 N–H and O–H groups in total. The number of hydrogen-bond acceptors (Lipinski definition) is 3. The van der Waals surface area contributed by atoms with Crippen molar-refractivity contribution in [3.05, 3.63) is 28.4 Å². The number of carbonyl (C=O) groups is 1. The summed E-state index contributed by atoms with van der Waals surface area (Å²) in [7, 11) is 0. The zero-order valence-electron chi connectivity index (χ0n) is 12.7. The fourth-order valence-corrected chi connectivity index (χ4v) is 3.35. The van der Waals surface area contributed by atoms with Gasteiger partial charge in [-0.25, -0.2) is 0 Å². The molecule has 0 spiro atoms. The zero-order valence-corrected chi connectivity index (χ0v) is 14.3. The van der Waals surface area contributed by atoms with E-state index in [4.69, 9.17) is 0 Å². The molecular formula is C16H21BrN4O. The molecule has 0 atom stereocenters. The lowest BCUT2D eigenvalue weighted by atomic mass is 9.96. The minimum absolute atomic E-state index is 0.0336. The highest BCUT2D eigenvalue weighted by molar-refractivity contribution is 9.10. The number of aromatic nitrogens is 2. The van der Waals surface area contributed by atoms with Crippen molar-refractivity contribution in [1.29, 1.82) is 0 Å². The van der Waals surface area contributed by atoms with Gasteiger partial charge in [-0.15, -0.1) is 0 Å². The average molecular weight is 365 g/mol. The number of piperidine rings is 1. The minimum atomic E-state index is 0.0336. The van der Waals surface area contributed by atoms with Crippen molar-refractivity contribution in [3.63, 3.8) is 0 Å². The summed E-state index contributed by atoms with van der Waals surface area (Å²) < 4.78 is 0.958. The number of benzene rings is 1. The molecule has 1 aliphatic heterocycles. The summed E-state index contributed by atoms with van der Waals surface area (Å²) >= 11 is 3.45. The van der Waals surface area contributed by atoms with Gasteiger partial charge in [0.2, 0.25) is 0 Å². The second-order valence-corrected chi connectivity index (χ2v) is 6.72. The Balaban J connectivity index is 1.70. The third-order valence-electron chi connectivity index (χ3n) is 4.31. The van der Waals surface area contributed by atoms with Crippen LogP contribution in [0.2, 0.25) is 0 Å². The normalized spacial score (nSPS) is 16.4. The van der Waals surface area contributed by atoms with Crippen molar-refractivity contribution in [2.45, 2.75) is 19.8 Å². The van der Waals surface area contributed by atoms with Crippen molar-refractivity contribution in [2.75, 3.05) is 26.2 Å². The number of nitrogens with zero attached hydrogens (tertiary/aromatic N) is 2. The molecule has 0 aliphatic carbocycles. The Morgan fingerprint density at radius 3 is 2.95 bits per heavy atom. The predicted molar refractivity (Wildman–Crippen MR) is 91.0 cm³/mol. The average Bonchev–Trinajstić information content (AvgIpc) is 2.95. The molecule has 6 heteroatoms. The molecule has 2 heterocycles. The van der Waals surface area contributed by atoms with Crippen LogP contribution in [0.5, 0.6) is 0 Å². The molecule has 1 aliphatic rings. The van der Waals surface area contributed by atoms with Gasteiger partial charge >= 0.3 is 0 Å². The molecular weight excluding hydrogens is 344 g/mol. The van der Waals surface area contributed by atoms with E-state index in [1.165, 1.54) is 0 Å². The first-order chi connectivity index (χ1) is 10.7. The van der Waals surface area contributed by atoms with E-state index in [9.17, 15) is 4.79 Å². The van der Waals surface area contributed by atoms with Crippen molar-refractivity contribution >= 4 is 32.7 Å². The van der Waals surface area contributed by atoms with Crippen LogP contribution >= 0.6 is 15.9 Å². The van der Waals surface area contributed by atoms with E-state index >= 15 is 0 Å². The van der Waals surface area contributed by atoms with Gasteiger partial charge in [0.25, 0.3) is 5.91 Å². The van der Waals surface area contributed by atoms with Crippen molar-refractivity contribution < 1.29 is 4.79 Å². The molecule has 0 saturated carbocycles. The van der Waals surface area contributed by atoms with Crippen LogP contribution in [0.3, 0.4) is 0 Å². The molecule has 1 amide bonds. The number of fused-ring (bicyclic) bond motifs is 1. The van der Waals surface area contributed by atoms with E-state index in [1.807, 2.05) is 23.1 Å². The number of H-pyrrole nitrogens is 1. The summed E-state index contributed by atoms with van der Waals surface area (Å²) in [6, 6.07) is 5.83. The fraction of sp³-hybridized carbons (Fsp3) is 0.500. The molecule has 0 bridgehead atoms. The van der Waals surface area contributed by atoms with E-state index in [0.717, 1.165) is 54.4 Å². The number of hydrogen-bond donors (Lipinski definition) is 2. The monoisotopic (exact) mass is 364 g/mol. The molecule has 22 heavy (non-hydrogen) atoms. The smallest absolute Gasteiger partial charge is 0.274 e. The van der Waals surface area contributed by atoms with Crippen molar-refractivity contribution in [1.82, 2.24) is 20.4 Å². The number of likely N-dealkylation sites (tertiary alicyclic amines) is 1. The van der Waals surface area contributed by atoms with Crippen LogP contribution in [-0.4, -0.2) is 47.2 Å². The van der Waals surface area contributed by atoms with Gasteiger partial charge in [-0.1, -0.05) is 22.9 Å². The van der Waals surface area contributed by atoms with Gasteiger partial charge in [0.15, 0.2) is 5.69 Å². The molecule has 0 radical (unpaired) electrons. The Morgan fingerprint density at radius 2 is 2.23 bits per heavy atom.